The molecule has 0 aliphatic heterocycles. The van der Waals surface area contributed by atoms with Crippen LogP contribution in [0.4, 0.5) is 4.39 Å². The zero-order chi connectivity index (χ0) is 18.8. The van der Waals surface area contributed by atoms with E-state index in [2.05, 4.69) is 0 Å². The summed E-state index contributed by atoms with van der Waals surface area (Å²) in [5, 5.41) is 2.20. The maximum atomic E-state index is 14.2. The highest BCUT2D eigenvalue weighted by Gasteiger charge is 2.37. The van der Waals surface area contributed by atoms with Crippen molar-refractivity contribution in [2.24, 2.45) is 0 Å². The minimum atomic E-state index is -0.314. The maximum Gasteiger partial charge on any atom is 0.261 e. The third-order valence-corrected chi connectivity index (χ3v) is 5.08. The van der Waals surface area contributed by atoms with Gasteiger partial charge in [0.2, 0.25) is 0 Å². The second-order valence-corrected chi connectivity index (χ2v) is 7.03. The summed E-state index contributed by atoms with van der Waals surface area (Å²) in [7, 11) is 0. The lowest BCUT2D eigenvalue weighted by molar-refractivity contribution is -0.136. The Morgan fingerprint density at radius 3 is 2.52 bits per heavy atom. The molecule has 0 heterocycles. The fourth-order valence-electron chi connectivity index (χ4n) is 3.53. The number of carbonyl (C=O) groups is 1. The van der Waals surface area contributed by atoms with Gasteiger partial charge in [-0.2, -0.15) is 0 Å². The summed E-state index contributed by atoms with van der Waals surface area (Å²) in [6.07, 6.45) is 1.92. The summed E-state index contributed by atoms with van der Waals surface area (Å²) >= 11 is 0. The van der Waals surface area contributed by atoms with Gasteiger partial charge in [0, 0.05) is 11.6 Å². The Bertz CT molecular complexity index is 967. The summed E-state index contributed by atoms with van der Waals surface area (Å²) in [5.74, 6) is 0.275. The van der Waals surface area contributed by atoms with Gasteiger partial charge in [-0.3, -0.25) is 4.79 Å². The normalized spacial score (nSPS) is 14.7. The standard InChI is InChI=1S/C23H22FNO2/c1-16(21-8-4-5-9-22(21)24)25(19-11-12-19)23(26)15-27-20-13-10-17-6-2-3-7-18(17)14-20/h2-10,13-14,16,19H,11-12,15H2,1H3/t16-/m1/s1. The van der Waals surface area contributed by atoms with Gasteiger partial charge in [0.15, 0.2) is 6.61 Å². The van der Waals surface area contributed by atoms with Gasteiger partial charge in [-0.15, -0.1) is 0 Å². The van der Waals surface area contributed by atoms with Crippen LogP contribution in [0, 0.1) is 5.82 Å². The molecule has 0 N–H and O–H groups in total. The number of hydrogen-bond donors (Lipinski definition) is 0. The van der Waals surface area contributed by atoms with Crippen molar-refractivity contribution in [3.05, 3.63) is 78.1 Å². The molecule has 0 aromatic heterocycles. The molecular formula is C23H22FNO2. The molecule has 27 heavy (non-hydrogen) atoms. The zero-order valence-corrected chi connectivity index (χ0v) is 15.3. The van der Waals surface area contributed by atoms with E-state index < -0.39 is 0 Å². The number of amides is 1. The molecule has 1 fully saturated rings. The van der Waals surface area contributed by atoms with Gasteiger partial charge in [0.05, 0.1) is 6.04 Å². The average Bonchev–Trinajstić information content (AvgIpc) is 3.51. The van der Waals surface area contributed by atoms with Crippen molar-refractivity contribution in [3.63, 3.8) is 0 Å². The average molecular weight is 363 g/mol. The number of fused-ring (bicyclic) bond motifs is 1. The summed E-state index contributed by atoms with van der Waals surface area (Å²) in [4.78, 5) is 14.6. The van der Waals surface area contributed by atoms with Gasteiger partial charge in [0.1, 0.15) is 11.6 Å². The lowest BCUT2D eigenvalue weighted by Gasteiger charge is -2.30. The van der Waals surface area contributed by atoms with Gasteiger partial charge in [-0.1, -0.05) is 48.5 Å². The molecule has 4 heteroatoms. The van der Waals surface area contributed by atoms with Crippen LogP contribution < -0.4 is 4.74 Å². The second-order valence-electron chi connectivity index (χ2n) is 7.03. The molecule has 1 aliphatic carbocycles. The SMILES string of the molecule is C[C@H](c1ccccc1F)N(C(=O)COc1ccc2ccccc2c1)C1CC1. The maximum absolute atomic E-state index is 14.2. The molecule has 0 bridgehead atoms. The number of rotatable bonds is 6. The number of benzene rings is 3. The quantitative estimate of drug-likeness (QED) is 0.609. The van der Waals surface area contributed by atoms with Crippen LogP contribution in [-0.4, -0.2) is 23.5 Å². The van der Waals surface area contributed by atoms with Crippen molar-refractivity contribution >= 4 is 16.7 Å². The molecule has 0 unspecified atom stereocenters. The van der Waals surface area contributed by atoms with Crippen LogP contribution in [0.15, 0.2) is 66.7 Å². The highest BCUT2D eigenvalue weighted by molar-refractivity contribution is 5.84. The second kappa shape index (κ2) is 7.39. The van der Waals surface area contributed by atoms with Gasteiger partial charge in [0.25, 0.3) is 5.91 Å². The van der Waals surface area contributed by atoms with E-state index in [9.17, 15) is 9.18 Å². The van der Waals surface area contributed by atoms with Crippen LogP contribution in [0.5, 0.6) is 5.75 Å². The Morgan fingerprint density at radius 2 is 1.78 bits per heavy atom. The van der Waals surface area contributed by atoms with Gasteiger partial charge >= 0.3 is 0 Å². The van der Waals surface area contributed by atoms with E-state index in [1.54, 1.807) is 23.1 Å². The highest BCUT2D eigenvalue weighted by Crippen LogP contribution is 2.35. The first kappa shape index (κ1) is 17.5. The molecule has 4 rings (SSSR count). The van der Waals surface area contributed by atoms with Crippen LogP contribution in [0.2, 0.25) is 0 Å². The number of hydrogen-bond acceptors (Lipinski definition) is 2. The van der Waals surface area contributed by atoms with Gasteiger partial charge < -0.3 is 9.64 Å². The lowest BCUT2D eigenvalue weighted by Crippen LogP contribution is -2.39. The molecule has 138 valence electrons. The van der Waals surface area contributed by atoms with E-state index in [1.807, 2.05) is 49.4 Å². The topological polar surface area (TPSA) is 29.5 Å². The van der Waals surface area contributed by atoms with Crippen LogP contribution in [0.25, 0.3) is 10.8 Å². The van der Waals surface area contributed by atoms with Crippen molar-refractivity contribution in [2.45, 2.75) is 31.8 Å². The van der Waals surface area contributed by atoms with Crippen molar-refractivity contribution < 1.29 is 13.9 Å². The Morgan fingerprint density at radius 1 is 1.07 bits per heavy atom. The van der Waals surface area contributed by atoms with Crippen LogP contribution in [0.3, 0.4) is 0 Å². The lowest BCUT2D eigenvalue weighted by atomic mass is 10.1. The predicted octanol–water partition coefficient (Wildman–Crippen LogP) is 5.11. The molecule has 1 amide bonds. The third kappa shape index (κ3) is 3.80. The Kier molecular flexibility index (Phi) is 4.80. The zero-order valence-electron chi connectivity index (χ0n) is 15.3. The molecule has 1 aliphatic rings. The molecule has 0 saturated heterocycles. The molecule has 0 radical (unpaired) electrons. The molecule has 3 nitrogen and oxygen atoms in total. The van der Waals surface area contributed by atoms with Crippen LogP contribution >= 0.6 is 0 Å². The third-order valence-electron chi connectivity index (χ3n) is 5.08. The van der Waals surface area contributed by atoms with Crippen molar-refractivity contribution in [2.75, 3.05) is 6.61 Å². The molecule has 1 atom stereocenters. The Balaban J connectivity index is 1.48. The summed E-state index contributed by atoms with van der Waals surface area (Å²) in [6.45, 7) is 1.83. The fraction of sp³-hybridized carbons (Fsp3) is 0.261. The smallest absolute Gasteiger partial charge is 0.261 e. The molecule has 0 spiro atoms. The van der Waals surface area contributed by atoms with E-state index in [-0.39, 0.29) is 30.4 Å². The van der Waals surface area contributed by atoms with E-state index in [0.717, 1.165) is 23.6 Å². The van der Waals surface area contributed by atoms with Gasteiger partial charge in [-0.05, 0) is 48.7 Å². The number of carbonyl (C=O) groups excluding carboxylic acids is 1. The van der Waals surface area contributed by atoms with E-state index in [4.69, 9.17) is 4.74 Å². The Hall–Kier alpha value is -2.88. The van der Waals surface area contributed by atoms with Crippen molar-refractivity contribution in [3.8, 4) is 5.75 Å². The van der Waals surface area contributed by atoms with Crippen LogP contribution in [0.1, 0.15) is 31.4 Å². The van der Waals surface area contributed by atoms with Crippen molar-refractivity contribution in [1.29, 1.82) is 0 Å². The summed E-state index contributed by atoms with van der Waals surface area (Å²) < 4.78 is 19.9. The highest BCUT2D eigenvalue weighted by atomic mass is 19.1. The predicted molar refractivity (Wildman–Crippen MR) is 104 cm³/mol. The summed E-state index contributed by atoms with van der Waals surface area (Å²) in [5.41, 5.74) is 0.545. The van der Waals surface area contributed by atoms with E-state index in [1.165, 1.54) is 6.07 Å². The molecule has 3 aromatic carbocycles. The van der Waals surface area contributed by atoms with E-state index >= 15 is 0 Å². The van der Waals surface area contributed by atoms with Crippen LogP contribution in [-0.2, 0) is 4.79 Å². The first-order chi connectivity index (χ1) is 13.1. The molecule has 3 aromatic rings. The fourth-order valence-corrected chi connectivity index (χ4v) is 3.53. The van der Waals surface area contributed by atoms with Gasteiger partial charge in [-0.25, -0.2) is 4.39 Å². The summed E-state index contributed by atoms with van der Waals surface area (Å²) in [6, 6.07) is 20.3. The largest absolute Gasteiger partial charge is 0.484 e. The first-order valence-electron chi connectivity index (χ1n) is 9.30. The van der Waals surface area contributed by atoms with Crippen molar-refractivity contribution in [1.82, 2.24) is 4.90 Å². The van der Waals surface area contributed by atoms with E-state index in [0.29, 0.717) is 11.3 Å². The number of ether oxygens (including phenoxy) is 1. The minimum absolute atomic E-state index is 0.0480. The Labute approximate surface area is 158 Å². The minimum Gasteiger partial charge on any atom is -0.484 e. The number of halogens is 1. The monoisotopic (exact) mass is 363 g/mol. The number of nitrogens with zero attached hydrogens (tertiary/aromatic N) is 1. The molecule has 1 saturated carbocycles. The first-order valence-corrected chi connectivity index (χ1v) is 9.30. The molecular weight excluding hydrogens is 341 g/mol.